The van der Waals surface area contributed by atoms with E-state index in [1.165, 1.54) is 12.0 Å². The van der Waals surface area contributed by atoms with Crippen LogP contribution in [0.5, 0.6) is 17.2 Å². The Morgan fingerprint density at radius 1 is 1.16 bits per heavy atom. The van der Waals surface area contributed by atoms with Gasteiger partial charge in [-0.15, -0.1) is 6.42 Å². The maximum atomic E-state index is 12.8. The van der Waals surface area contributed by atoms with Crippen molar-refractivity contribution in [3.8, 4) is 29.6 Å². The van der Waals surface area contributed by atoms with Crippen LogP contribution in [0.3, 0.4) is 0 Å². The molecule has 2 aromatic rings. The van der Waals surface area contributed by atoms with Gasteiger partial charge in [-0.25, -0.2) is 0 Å². The Kier molecular flexibility index (Phi) is 7.73. The first kappa shape index (κ1) is 23.6. The summed E-state index contributed by atoms with van der Waals surface area (Å²) in [5.41, 5.74) is 2.66. The number of amides is 2. The zero-order valence-corrected chi connectivity index (χ0v) is 19.5. The Morgan fingerprint density at radius 2 is 1.94 bits per heavy atom. The Morgan fingerprint density at radius 3 is 2.66 bits per heavy atom. The molecular weight excluding hydrogens is 450 g/mol. The highest BCUT2D eigenvalue weighted by atomic mass is 35.5. The number of methoxy groups -OCH3 is 1. The number of hydrogen-bond donors (Lipinski definition) is 0. The third kappa shape index (κ3) is 5.39. The third-order valence-electron chi connectivity index (χ3n) is 4.64. The largest absolute Gasteiger partial charge is 0.493 e. The maximum absolute atomic E-state index is 12.8. The molecule has 32 heavy (non-hydrogen) atoms. The van der Waals surface area contributed by atoms with Crippen LogP contribution in [0, 0.1) is 26.2 Å². The minimum Gasteiger partial charge on any atom is -0.493 e. The van der Waals surface area contributed by atoms with Gasteiger partial charge in [0.25, 0.3) is 11.1 Å². The minimum atomic E-state index is -0.382. The number of nitrogens with zero attached hydrogens (tertiary/aromatic N) is 1. The van der Waals surface area contributed by atoms with Gasteiger partial charge in [-0.05, 0) is 66.6 Å². The molecule has 2 aromatic carbocycles. The van der Waals surface area contributed by atoms with Gasteiger partial charge >= 0.3 is 0 Å². The highest BCUT2D eigenvalue weighted by Crippen LogP contribution is 2.39. The van der Waals surface area contributed by atoms with Crippen molar-refractivity contribution >= 4 is 40.6 Å². The molecule has 8 heteroatoms. The molecule has 0 aromatic heterocycles. The van der Waals surface area contributed by atoms with Gasteiger partial charge < -0.3 is 14.2 Å². The second kappa shape index (κ2) is 10.5. The second-order valence-corrected chi connectivity index (χ2v) is 8.38. The Bertz CT molecular complexity index is 1120. The first-order chi connectivity index (χ1) is 15.3. The lowest BCUT2D eigenvalue weighted by molar-refractivity contribution is -0.123. The Hall–Kier alpha value is -3.08. The molecule has 0 bridgehead atoms. The van der Waals surface area contributed by atoms with Crippen molar-refractivity contribution in [2.24, 2.45) is 0 Å². The fourth-order valence-corrected chi connectivity index (χ4v) is 4.17. The first-order valence-electron chi connectivity index (χ1n) is 9.73. The van der Waals surface area contributed by atoms with Crippen LogP contribution in [0.4, 0.5) is 4.79 Å². The van der Waals surface area contributed by atoms with Crippen molar-refractivity contribution < 1.29 is 23.8 Å². The van der Waals surface area contributed by atoms with E-state index in [1.807, 2.05) is 32.0 Å². The van der Waals surface area contributed by atoms with E-state index in [-0.39, 0.29) is 40.8 Å². The fraction of sp³-hybridized carbons (Fsp3) is 0.250. The fourth-order valence-electron chi connectivity index (χ4n) is 3.03. The summed E-state index contributed by atoms with van der Waals surface area (Å²) in [4.78, 5) is 26.6. The molecule has 1 aliphatic rings. The Balaban J connectivity index is 1.72. The first-order valence-corrected chi connectivity index (χ1v) is 10.9. The van der Waals surface area contributed by atoms with Crippen molar-refractivity contribution in [2.75, 3.05) is 26.9 Å². The van der Waals surface area contributed by atoms with Gasteiger partial charge in [0.05, 0.1) is 23.6 Å². The monoisotopic (exact) mass is 471 g/mol. The summed E-state index contributed by atoms with van der Waals surface area (Å²) in [5, 5.41) is -0.0650. The molecule has 0 unspecified atom stereocenters. The van der Waals surface area contributed by atoms with E-state index in [4.69, 9.17) is 32.2 Å². The summed E-state index contributed by atoms with van der Waals surface area (Å²) in [7, 11) is 1.47. The van der Waals surface area contributed by atoms with E-state index in [0.717, 1.165) is 28.6 Å². The second-order valence-electron chi connectivity index (χ2n) is 6.98. The van der Waals surface area contributed by atoms with Gasteiger partial charge in [-0.2, -0.15) is 0 Å². The summed E-state index contributed by atoms with van der Waals surface area (Å²) >= 11 is 7.16. The van der Waals surface area contributed by atoms with E-state index in [0.29, 0.717) is 17.1 Å². The van der Waals surface area contributed by atoms with Crippen molar-refractivity contribution in [1.82, 2.24) is 4.90 Å². The molecule has 1 aliphatic heterocycles. The van der Waals surface area contributed by atoms with Crippen LogP contribution in [0.15, 0.2) is 35.2 Å². The SMILES string of the molecule is C#CCOc1c(Cl)cc(/C=C2\SC(=O)N(CCOc3cc(C)ccc3C)C2=O)cc1OC. The van der Waals surface area contributed by atoms with Gasteiger partial charge in [0.15, 0.2) is 11.5 Å². The van der Waals surface area contributed by atoms with Crippen molar-refractivity contribution in [1.29, 1.82) is 0 Å². The zero-order chi connectivity index (χ0) is 23.3. The molecule has 1 saturated heterocycles. The molecule has 2 amide bonds. The van der Waals surface area contributed by atoms with Crippen LogP contribution in [0.2, 0.25) is 5.02 Å². The summed E-state index contributed by atoms with van der Waals surface area (Å²) < 4.78 is 16.5. The van der Waals surface area contributed by atoms with E-state index >= 15 is 0 Å². The predicted molar refractivity (Wildman–Crippen MR) is 126 cm³/mol. The van der Waals surface area contributed by atoms with E-state index in [1.54, 1.807) is 18.2 Å². The molecule has 0 spiro atoms. The predicted octanol–water partition coefficient (Wildman–Crippen LogP) is 5.09. The van der Waals surface area contributed by atoms with Crippen LogP contribution in [-0.2, 0) is 4.79 Å². The normalized spacial score (nSPS) is 14.6. The molecule has 1 fully saturated rings. The number of carbonyl (C=O) groups is 2. The van der Waals surface area contributed by atoms with E-state index in [9.17, 15) is 9.59 Å². The molecule has 1 heterocycles. The molecule has 6 nitrogen and oxygen atoms in total. The van der Waals surface area contributed by atoms with Crippen LogP contribution < -0.4 is 14.2 Å². The van der Waals surface area contributed by atoms with Crippen molar-refractivity contribution in [3.05, 3.63) is 56.9 Å². The average molecular weight is 472 g/mol. The number of terminal acetylenes is 1. The van der Waals surface area contributed by atoms with Crippen LogP contribution in [-0.4, -0.2) is 42.9 Å². The molecule has 0 N–H and O–H groups in total. The smallest absolute Gasteiger partial charge is 0.293 e. The third-order valence-corrected chi connectivity index (χ3v) is 5.83. The molecular formula is C24H22ClNO5S. The number of thioether (sulfide) groups is 1. The number of hydrogen-bond acceptors (Lipinski definition) is 6. The number of halogens is 1. The number of benzene rings is 2. The standard InChI is InChI=1S/C24H22ClNO5S/c1-5-9-31-22-18(25)12-17(13-20(22)29-4)14-21-23(27)26(24(28)32-21)8-10-30-19-11-15(2)6-7-16(19)3/h1,6-7,11-14H,8-10H2,2-4H3/b21-14-. The van der Waals surface area contributed by atoms with E-state index < -0.39 is 0 Å². The van der Waals surface area contributed by atoms with Crippen LogP contribution in [0.25, 0.3) is 6.08 Å². The summed E-state index contributed by atoms with van der Waals surface area (Å²) in [6, 6.07) is 9.17. The number of imide groups is 1. The summed E-state index contributed by atoms with van der Waals surface area (Å²) in [6.45, 7) is 4.32. The highest BCUT2D eigenvalue weighted by molar-refractivity contribution is 8.18. The number of rotatable bonds is 8. The topological polar surface area (TPSA) is 65.1 Å². The molecule has 0 aliphatic carbocycles. The van der Waals surface area contributed by atoms with Gasteiger partial charge in [0, 0.05) is 0 Å². The summed E-state index contributed by atoms with van der Waals surface area (Å²) in [6.07, 6.45) is 6.82. The lowest BCUT2D eigenvalue weighted by atomic mass is 10.1. The van der Waals surface area contributed by atoms with Gasteiger partial charge in [-0.1, -0.05) is 29.7 Å². The zero-order valence-electron chi connectivity index (χ0n) is 17.9. The average Bonchev–Trinajstić information content (AvgIpc) is 3.02. The van der Waals surface area contributed by atoms with Crippen molar-refractivity contribution in [2.45, 2.75) is 13.8 Å². The molecule has 166 valence electrons. The molecule has 0 atom stereocenters. The molecule has 0 radical (unpaired) electrons. The quantitative estimate of drug-likeness (QED) is 0.394. The lowest BCUT2D eigenvalue weighted by Crippen LogP contribution is -2.32. The highest BCUT2D eigenvalue weighted by Gasteiger charge is 2.35. The van der Waals surface area contributed by atoms with Gasteiger partial charge in [0.1, 0.15) is 19.0 Å². The number of aryl methyl sites for hydroxylation is 2. The molecule has 3 rings (SSSR count). The minimum absolute atomic E-state index is 0.0401. The summed E-state index contributed by atoms with van der Waals surface area (Å²) in [5.74, 6) is 3.42. The van der Waals surface area contributed by atoms with Crippen LogP contribution in [0.1, 0.15) is 16.7 Å². The van der Waals surface area contributed by atoms with Gasteiger partial charge in [0.2, 0.25) is 0 Å². The Labute approximate surface area is 196 Å². The van der Waals surface area contributed by atoms with Gasteiger partial charge in [-0.3, -0.25) is 14.5 Å². The lowest BCUT2D eigenvalue weighted by Gasteiger charge is -2.14. The van der Waals surface area contributed by atoms with Crippen LogP contribution >= 0.6 is 23.4 Å². The number of ether oxygens (including phenoxy) is 3. The van der Waals surface area contributed by atoms with Crippen molar-refractivity contribution in [3.63, 3.8) is 0 Å². The molecule has 0 saturated carbocycles. The maximum Gasteiger partial charge on any atom is 0.293 e. The van der Waals surface area contributed by atoms with E-state index in [2.05, 4.69) is 5.92 Å². The number of carbonyl (C=O) groups excluding carboxylic acids is 2.